The van der Waals surface area contributed by atoms with Crippen molar-refractivity contribution < 1.29 is 65.6 Å². The standard InChI is InChI=1S/C18H24N2O14S2/c21-13-9-11(35(27,28)29)17(25)19(13)33-15(23)7-5-3-1-2-4-6-8-16(24)34-20-14(22)10-12(18(20)26)36(30,31)32/h9-10,21-22,25-26H,1-8H2,(H,27,28,29)(H,30,31,32). The first kappa shape index (κ1) is 28.8. The van der Waals surface area contributed by atoms with Gasteiger partial charge in [-0.25, -0.2) is 9.59 Å². The highest BCUT2D eigenvalue weighted by atomic mass is 32.2. The molecule has 0 amide bonds. The molecule has 6 N–H and O–H groups in total. The molecule has 0 aliphatic rings. The van der Waals surface area contributed by atoms with Crippen molar-refractivity contribution in [1.29, 1.82) is 0 Å². The monoisotopic (exact) mass is 556 g/mol. The minimum Gasteiger partial charge on any atom is -0.492 e. The van der Waals surface area contributed by atoms with E-state index in [0.29, 0.717) is 50.7 Å². The average molecular weight is 557 g/mol. The van der Waals surface area contributed by atoms with Crippen LogP contribution in [0.5, 0.6) is 23.5 Å². The quantitative estimate of drug-likeness (QED) is 0.144. The molecule has 2 aromatic heterocycles. The molecule has 0 atom stereocenters. The van der Waals surface area contributed by atoms with Crippen LogP contribution in [0.4, 0.5) is 0 Å². The van der Waals surface area contributed by atoms with E-state index in [0.717, 1.165) is 0 Å². The van der Waals surface area contributed by atoms with Gasteiger partial charge < -0.3 is 30.1 Å². The molecule has 16 nitrogen and oxygen atoms in total. The fraction of sp³-hybridized carbons (Fsp3) is 0.444. The lowest BCUT2D eigenvalue weighted by molar-refractivity contribution is -0.146. The van der Waals surface area contributed by atoms with Crippen molar-refractivity contribution in [3.8, 4) is 23.5 Å². The van der Waals surface area contributed by atoms with Crippen LogP contribution in [0.3, 0.4) is 0 Å². The van der Waals surface area contributed by atoms with Gasteiger partial charge in [-0.05, 0) is 12.8 Å². The Bertz CT molecular complexity index is 1220. The van der Waals surface area contributed by atoms with Crippen molar-refractivity contribution >= 4 is 32.2 Å². The second-order valence-electron chi connectivity index (χ2n) is 7.47. The minimum atomic E-state index is -4.84. The molecular weight excluding hydrogens is 532 g/mol. The number of aromatic hydroxyl groups is 4. The van der Waals surface area contributed by atoms with Gasteiger partial charge in [0.05, 0.1) is 0 Å². The zero-order valence-corrected chi connectivity index (χ0v) is 20.1. The van der Waals surface area contributed by atoms with Crippen LogP contribution in [0.1, 0.15) is 51.4 Å². The molecular formula is C18H24N2O14S2. The van der Waals surface area contributed by atoms with E-state index in [9.17, 15) is 46.9 Å². The molecule has 0 bridgehead atoms. The number of aromatic nitrogens is 2. The molecule has 0 saturated heterocycles. The molecule has 0 aromatic carbocycles. The molecule has 2 aromatic rings. The van der Waals surface area contributed by atoms with E-state index < -0.39 is 65.5 Å². The smallest absolute Gasteiger partial charge is 0.333 e. The maximum absolute atomic E-state index is 11.8. The second-order valence-corrected chi connectivity index (χ2v) is 10.2. The van der Waals surface area contributed by atoms with Gasteiger partial charge in [0, 0.05) is 25.0 Å². The summed E-state index contributed by atoms with van der Waals surface area (Å²) in [5.74, 6) is -5.91. The third-order valence-corrected chi connectivity index (χ3v) is 6.43. The van der Waals surface area contributed by atoms with Gasteiger partial charge in [0.2, 0.25) is 11.8 Å². The summed E-state index contributed by atoms with van der Waals surface area (Å²) in [6.45, 7) is 0. The Morgan fingerprint density at radius 2 is 0.944 bits per heavy atom. The minimum absolute atomic E-state index is 0.125. The lowest BCUT2D eigenvalue weighted by atomic mass is 10.1. The zero-order chi connectivity index (χ0) is 27.3. The Balaban J connectivity index is 1.65. The Morgan fingerprint density at radius 1 is 0.639 bits per heavy atom. The van der Waals surface area contributed by atoms with Crippen LogP contribution < -0.4 is 9.68 Å². The molecule has 0 fully saturated rings. The van der Waals surface area contributed by atoms with E-state index in [-0.39, 0.29) is 22.3 Å². The number of carbonyl (C=O) groups is 2. The topological polar surface area (TPSA) is 252 Å². The molecule has 36 heavy (non-hydrogen) atoms. The highest BCUT2D eigenvalue weighted by molar-refractivity contribution is 7.86. The molecule has 0 aliphatic carbocycles. The van der Waals surface area contributed by atoms with Crippen molar-refractivity contribution in [1.82, 2.24) is 9.46 Å². The van der Waals surface area contributed by atoms with Gasteiger partial charge in [-0.3, -0.25) is 9.11 Å². The van der Waals surface area contributed by atoms with Crippen LogP contribution in [0.25, 0.3) is 0 Å². The Morgan fingerprint density at radius 3 is 1.22 bits per heavy atom. The van der Waals surface area contributed by atoms with E-state index in [1.165, 1.54) is 0 Å². The number of carbonyl (C=O) groups excluding carboxylic acids is 2. The lowest BCUT2D eigenvalue weighted by Gasteiger charge is -2.07. The summed E-state index contributed by atoms with van der Waals surface area (Å²) in [6, 6.07) is 1.02. The van der Waals surface area contributed by atoms with Gasteiger partial charge in [-0.15, -0.1) is 9.46 Å². The molecule has 0 radical (unpaired) electrons. The molecule has 0 saturated carbocycles. The third-order valence-electron chi connectivity index (χ3n) is 4.72. The lowest BCUT2D eigenvalue weighted by Crippen LogP contribution is -2.19. The van der Waals surface area contributed by atoms with E-state index in [4.69, 9.17) is 9.11 Å². The van der Waals surface area contributed by atoms with Gasteiger partial charge in [0.15, 0.2) is 9.79 Å². The number of rotatable bonds is 13. The van der Waals surface area contributed by atoms with Crippen LogP contribution in [-0.2, 0) is 29.8 Å². The van der Waals surface area contributed by atoms with Gasteiger partial charge in [-0.1, -0.05) is 25.7 Å². The van der Waals surface area contributed by atoms with Gasteiger partial charge in [0.25, 0.3) is 32.0 Å². The fourth-order valence-corrected chi connectivity index (χ4v) is 4.13. The SMILES string of the molecule is O=C(CCCCCCCCC(=O)On1c(O)cc(S(=O)(=O)O)c1O)On1c(O)cc(S(=O)(=O)O)c1O. The average Bonchev–Trinajstić information content (AvgIpc) is 3.20. The van der Waals surface area contributed by atoms with Crippen molar-refractivity contribution in [2.75, 3.05) is 0 Å². The van der Waals surface area contributed by atoms with Gasteiger partial charge >= 0.3 is 11.9 Å². The molecule has 2 heterocycles. The van der Waals surface area contributed by atoms with Crippen molar-refractivity contribution in [2.45, 2.75) is 61.2 Å². The highest BCUT2D eigenvalue weighted by Gasteiger charge is 2.26. The molecule has 0 spiro atoms. The number of hydrogen-bond acceptors (Lipinski definition) is 12. The van der Waals surface area contributed by atoms with Crippen LogP contribution in [0, 0.1) is 0 Å². The Hall–Kier alpha value is -3.48. The summed E-state index contributed by atoms with van der Waals surface area (Å²) < 4.78 is 62.4. The first-order valence-electron chi connectivity index (χ1n) is 10.3. The molecule has 0 aliphatic heterocycles. The van der Waals surface area contributed by atoms with Crippen LogP contribution in [-0.4, -0.2) is 67.8 Å². The van der Waals surface area contributed by atoms with E-state index >= 15 is 0 Å². The summed E-state index contributed by atoms with van der Waals surface area (Å²) in [5, 5.41) is 38.4. The number of hydrogen-bond donors (Lipinski definition) is 6. The van der Waals surface area contributed by atoms with Crippen molar-refractivity contribution in [2.24, 2.45) is 0 Å². The second kappa shape index (κ2) is 11.5. The molecule has 202 valence electrons. The fourth-order valence-electron chi connectivity index (χ4n) is 3.00. The van der Waals surface area contributed by atoms with E-state index in [1.54, 1.807) is 0 Å². The molecule has 18 heteroatoms. The zero-order valence-electron chi connectivity index (χ0n) is 18.5. The van der Waals surface area contributed by atoms with Crippen molar-refractivity contribution in [3.63, 3.8) is 0 Å². The highest BCUT2D eigenvalue weighted by Crippen LogP contribution is 2.31. The molecule has 0 unspecified atom stereocenters. The predicted octanol–water partition coefficient (Wildman–Crippen LogP) is 0.337. The van der Waals surface area contributed by atoms with Crippen LogP contribution in [0.15, 0.2) is 21.9 Å². The van der Waals surface area contributed by atoms with Crippen LogP contribution >= 0.6 is 0 Å². The molecule has 2 rings (SSSR count). The number of unbranched alkanes of at least 4 members (excludes halogenated alkanes) is 5. The third kappa shape index (κ3) is 7.51. The first-order chi connectivity index (χ1) is 16.6. The number of nitrogens with zero attached hydrogens (tertiary/aromatic N) is 2. The maximum Gasteiger partial charge on any atom is 0.333 e. The van der Waals surface area contributed by atoms with Gasteiger partial charge in [-0.2, -0.15) is 16.8 Å². The van der Waals surface area contributed by atoms with Crippen LogP contribution in [0.2, 0.25) is 0 Å². The summed E-state index contributed by atoms with van der Waals surface area (Å²) in [7, 11) is -9.68. The van der Waals surface area contributed by atoms with Crippen molar-refractivity contribution in [3.05, 3.63) is 12.1 Å². The Labute approximate surface area is 204 Å². The normalized spacial score (nSPS) is 11.9. The predicted molar refractivity (Wildman–Crippen MR) is 115 cm³/mol. The first-order valence-corrected chi connectivity index (χ1v) is 13.2. The Kier molecular flexibility index (Phi) is 9.19. The van der Waals surface area contributed by atoms with E-state index in [1.807, 2.05) is 0 Å². The maximum atomic E-state index is 11.8. The summed E-state index contributed by atoms with van der Waals surface area (Å²) >= 11 is 0. The summed E-state index contributed by atoms with van der Waals surface area (Å²) in [5.41, 5.74) is 0. The van der Waals surface area contributed by atoms with Gasteiger partial charge in [0.1, 0.15) is 0 Å². The summed E-state index contributed by atoms with van der Waals surface area (Å²) in [6.07, 6.45) is 2.93. The largest absolute Gasteiger partial charge is 0.492 e. The summed E-state index contributed by atoms with van der Waals surface area (Å²) in [4.78, 5) is 31.0. The van der Waals surface area contributed by atoms with E-state index in [2.05, 4.69) is 9.68 Å².